The first-order chi connectivity index (χ1) is 8.08. The number of nitrogens with one attached hydrogen (secondary N) is 1. The van der Waals surface area contributed by atoms with E-state index in [1.807, 2.05) is 37.3 Å². The molecule has 92 valence electrons. The van der Waals surface area contributed by atoms with E-state index in [0.717, 1.165) is 12.0 Å². The highest BCUT2D eigenvalue weighted by Gasteiger charge is 2.09. The summed E-state index contributed by atoms with van der Waals surface area (Å²) in [4.78, 5) is 21.7. The van der Waals surface area contributed by atoms with E-state index in [4.69, 9.17) is 5.11 Å². The monoisotopic (exact) mass is 235 g/mol. The molecule has 1 rings (SSSR count). The first-order valence-corrected chi connectivity index (χ1v) is 5.63. The fourth-order valence-corrected chi connectivity index (χ4v) is 1.59. The highest BCUT2D eigenvalue weighted by Crippen LogP contribution is 2.03. The zero-order valence-electron chi connectivity index (χ0n) is 9.85. The fraction of sp³-hybridized carbons (Fsp3) is 0.385. The van der Waals surface area contributed by atoms with Crippen LogP contribution in [0, 0.1) is 0 Å². The van der Waals surface area contributed by atoms with Crippen molar-refractivity contribution >= 4 is 11.9 Å². The lowest BCUT2D eigenvalue weighted by Crippen LogP contribution is -2.34. The van der Waals surface area contributed by atoms with Gasteiger partial charge in [-0.2, -0.15) is 0 Å². The van der Waals surface area contributed by atoms with Gasteiger partial charge in [0.05, 0.1) is 6.42 Å². The molecule has 0 aliphatic carbocycles. The van der Waals surface area contributed by atoms with Gasteiger partial charge in [-0.15, -0.1) is 0 Å². The van der Waals surface area contributed by atoms with Gasteiger partial charge in [0.15, 0.2) is 0 Å². The molecule has 0 aromatic heterocycles. The van der Waals surface area contributed by atoms with Crippen LogP contribution in [0.15, 0.2) is 30.3 Å². The Morgan fingerprint density at radius 3 is 2.47 bits per heavy atom. The number of carbonyl (C=O) groups excluding carboxylic acids is 1. The van der Waals surface area contributed by atoms with Gasteiger partial charge in [0, 0.05) is 12.5 Å². The molecule has 4 nitrogen and oxygen atoms in total. The Balaban J connectivity index is 2.32. The van der Waals surface area contributed by atoms with Crippen LogP contribution < -0.4 is 5.32 Å². The van der Waals surface area contributed by atoms with Crippen LogP contribution in [0.2, 0.25) is 0 Å². The summed E-state index contributed by atoms with van der Waals surface area (Å²) in [5, 5.41) is 11.2. The van der Waals surface area contributed by atoms with Crippen molar-refractivity contribution in [3.8, 4) is 0 Å². The Hall–Kier alpha value is -1.84. The quantitative estimate of drug-likeness (QED) is 0.787. The summed E-state index contributed by atoms with van der Waals surface area (Å²) in [5.41, 5.74) is 1.15. The lowest BCUT2D eigenvalue weighted by atomic mass is 10.1. The van der Waals surface area contributed by atoms with Crippen LogP contribution >= 0.6 is 0 Å². The lowest BCUT2D eigenvalue weighted by Gasteiger charge is -2.13. The average Bonchev–Trinajstić information content (AvgIpc) is 2.27. The summed E-state index contributed by atoms with van der Waals surface area (Å²) in [5.74, 6) is -1.16. The highest BCUT2D eigenvalue weighted by molar-refractivity contribution is 5.80. The standard InChI is InChI=1S/C13H17NO3/c1-10(9-11-5-3-2-4-6-11)14-12(15)7-8-13(16)17/h2-6,10H,7-9H2,1H3,(H,14,15)(H,16,17). The molecule has 1 amide bonds. The molecule has 1 unspecified atom stereocenters. The maximum atomic E-state index is 11.4. The van der Waals surface area contributed by atoms with Gasteiger partial charge in [-0.1, -0.05) is 30.3 Å². The lowest BCUT2D eigenvalue weighted by molar-refractivity contribution is -0.138. The van der Waals surface area contributed by atoms with Gasteiger partial charge in [0.25, 0.3) is 0 Å². The van der Waals surface area contributed by atoms with E-state index in [1.165, 1.54) is 0 Å². The maximum absolute atomic E-state index is 11.4. The number of carboxylic acid groups (broad SMARTS) is 1. The average molecular weight is 235 g/mol. The molecule has 4 heteroatoms. The van der Waals surface area contributed by atoms with Crippen molar-refractivity contribution in [2.45, 2.75) is 32.2 Å². The Morgan fingerprint density at radius 2 is 1.88 bits per heavy atom. The number of hydrogen-bond donors (Lipinski definition) is 2. The van der Waals surface area contributed by atoms with E-state index in [1.54, 1.807) is 0 Å². The number of carbonyl (C=O) groups is 2. The normalized spacial score (nSPS) is 11.8. The molecule has 0 radical (unpaired) electrons. The SMILES string of the molecule is CC(Cc1ccccc1)NC(=O)CCC(=O)O. The summed E-state index contributed by atoms with van der Waals surface area (Å²) in [7, 11) is 0. The number of benzene rings is 1. The van der Waals surface area contributed by atoms with Crippen molar-refractivity contribution in [2.24, 2.45) is 0 Å². The minimum Gasteiger partial charge on any atom is -0.481 e. The first-order valence-electron chi connectivity index (χ1n) is 5.63. The van der Waals surface area contributed by atoms with Crippen LogP contribution in [0.4, 0.5) is 0 Å². The van der Waals surface area contributed by atoms with Crippen molar-refractivity contribution in [1.82, 2.24) is 5.32 Å². The van der Waals surface area contributed by atoms with Crippen molar-refractivity contribution in [3.05, 3.63) is 35.9 Å². The minimum atomic E-state index is -0.948. The Morgan fingerprint density at radius 1 is 1.24 bits per heavy atom. The summed E-state index contributed by atoms with van der Waals surface area (Å²) >= 11 is 0. The summed E-state index contributed by atoms with van der Waals surface area (Å²) in [6, 6.07) is 9.86. The van der Waals surface area contributed by atoms with Crippen LogP contribution in [0.25, 0.3) is 0 Å². The second-order valence-electron chi connectivity index (χ2n) is 4.05. The largest absolute Gasteiger partial charge is 0.481 e. The Kier molecular flexibility index (Phi) is 5.20. The van der Waals surface area contributed by atoms with Gasteiger partial charge in [0.1, 0.15) is 0 Å². The molecule has 0 aliphatic rings. The molecule has 1 atom stereocenters. The van der Waals surface area contributed by atoms with Crippen LogP contribution in [-0.4, -0.2) is 23.0 Å². The van der Waals surface area contributed by atoms with E-state index in [2.05, 4.69) is 5.32 Å². The van der Waals surface area contributed by atoms with Gasteiger partial charge in [-0.3, -0.25) is 9.59 Å². The maximum Gasteiger partial charge on any atom is 0.303 e. The van der Waals surface area contributed by atoms with Crippen LogP contribution in [-0.2, 0) is 16.0 Å². The number of amides is 1. The second-order valence-corrected chi connectivity index (χ2v) is 4.05. The molecule has 0 saturated carbocycles. The molecular weight excluding hydrogens is 218 g/mol. The van der Waals surface area contributed by atoms with Crippen molar-refractivity contribution < 1.29 is 14.7 Å². The molecule has 0 heterocycles. The third-order valence-corrected chi connectivity index (χ3v) is 2.36. The predicted octanol–water partition coefficient (Wildman–Crippen LogP) is 1.60. The van der Waals surface area contributed by atoms with E-state index in [-0.39, 0.29) is 24.8 Å². The zero-order chi connectivity index (χ0) is 12.7. The van der Waals surface area contributed by atoms with Gasteiger partial charge >= 0.3 is 5.97 Å². The number of hydrogen-bond acceptors (Lipinski definition) is 2. The van der Waals surface area contributed by atoms with Crippen LogP contribution in [0.3, 0.4) is 0 Å². The molecule has 1 aromatic rings. The van der Waals surface area contributed by atoms with E-state index in [9.17, 15) is 9.59 Å². The molecule has 17 heavy (non-hydrogen) atoms. The molecular formula is C13H17NO3. The fourth-order valence-electron chi connectivity index (χ4n) is 1.59. The van der Waals surface area contributed by atoms with Crippen molar-refractivity contribution in [3.63, 3.8) is 0 Å². The number of carboxylic acids is 1. The zero-order valence-corrected chi connectivity index (χ0v) is 9.85. The van der Waals surface area contributed by atoms with Crippen LogP contribution in [0.1, 0.15) is 25.3 Å². The van der Waals surface area contributed by atoms with Crippen molar-refractivity contribution in [2.75, 3.05) is 0 Å². The van der Waals surface area contributed by atoms with Gasteiger partial charge < -0.3 is 10.4 Å². The molecule has 1 aromatic carbocycles. The highest BCUT2D eigenvalue weighted by atomic mass is 16.4. The third kappa shape index (κ3) is 5.70. The summed E-state index contributed by atoms with van der Waals surface area (Å²) < 4.78 is 0. The number of aliphatic carboxylic acids is 1. The van der Waals surface area contributed by atoms with Gasteiger partial charge in [-0.05, 0) is 18.9 Å². The van der Waals surface area contributed by atoms with E-state index in [0.29, 0.717) is 0 Å². The molecule has 0 fully saturated rings. The van der Waals surface area contributed by atoms with Gasteiger partial charge in [0.2, 0.25) is 5.91 Å². The van der Waals surface area contributed by atoms with Crippen molar-refractivity contribution in [1.29, 1.82) is 0 Å². The first kappa shape index (κ1) is 13.2. The Labute approximate surface area is 101 Å². The van der Waals surface area contributed by atoms with Gasteiger partial charge in [-0.25, -0.2) is 0 Å². The molecule has 0 aliphatic heterocycles. The molecule has 2 N–H and O–H groups in total. The second kappa shape index (κ2) is 6.68. The van der Waals surface area contributed by atoms with Crippen LogP contribution in [0.5, 0.6) is 0 Å². The third-order valence-electron chi connectivity index (χ3n) is 2.36. The molecule has 0 bridgehead atoms. The number of rotatable bonds is 6. The molecule has 0 spiro atoms. The summed E-state index contributed by atoms with van der Waals surface area (Å²) in [6.45, 7) is 1.91. The summed E-state index contributed by atoms with van der Waals surface area (Å²) in [6.07, 6.45) is 0.665. The Bertz CT molecular complexity index is 376. The van der Waals surface area contributed by atoms with E-state index < -0.39 is 5.97 Å². The minimum absolute atomic E-state index is 0.0127. The van der Waals surface area contributed by atoms with E-state index >= 15 is 0 Å². The topological polar surface area (TPSA) is 66.4 Å². The molecule has 0 saturated heterocycles. The smallest absolute Gasteiger partial charge is 0.303 e. The predicted molar refractivity (Wildman–Crippen MR) is 64.6 cm³/mol.